The van der Waals surface area contributed by atoms with Crippen molar-refractivity contribution in [2.75, 3.05) is 23.4 Å². The Labute approximate surface area is 223 Å². The summed E-state index contributed by atoms with van der Waals surface area (Å²) in [6.07, 6.45) is -2.65. The van der Waals surface area contributed by atoms with Crippen molar-refractivity contribution < 1.29 is 27.5 Å². The van der Waals surface area contributed by atoms with Gasteiger partial charge in [-0.2, -0.15) is 13.2 Å². The van der Waals surface area contributed by atoms with Crippen LogP contribution in [-0.4, -0.2) is 29.9 Å². The summed E-state index contributed by atoms with van der Waals surface area (Å²) in [4.78, 5) is 32.1. The van der Waals surface area contributed by atoms with Crippen LogP contribution in [-0.2, 0) is 17.4 Å². The average molecular weight is 532 g/mol. The van der Waals surface area contributed by atoms with Gasteiger partial charge in [0.05, 0.1) is 24.2 Å². The average Bonchev–Trinajstić information content (AvgIpc) is 2.92. The first kappa shape index (κ1) is 26.0. The number of amides is 2. The van der Waals surface area contributed by atoms with E-state index in [9.17, 15) is 22.8 Å². The molecule has 3 aromatic carbocycles. The maximum Gasteiger partial charge on any atom is 0.416 e. The lowest BCUT2D eigenvalue weighted by Gasteiger charge is -2.30. The second kappa shape index (κ2) is 10.6. The standard InChI is InChI=1S/C30H24F3N3O3/c1-19-5-11-24(25(16-19)20-6-8-21(9-7-20)30(31,32)33)29(38)35-23-10-12-26-27(17-23)39-15-14-36(26)28(37)18-22-4-2-3-13-34-22/h2-13,16-17H,14-15,18H2,1H3,(H,35,38). The van der Waals surface area contributed by atoms with E-state index in [0.29, 0.717) is 52.7 Å². The number of pyridine rings is 1. The largest absolute Gasteiger partial charge is 0.489 e. The number of aryl methyl sites for hydroxylation is 1. The van der Waals surface area contributed by atoms with Gasteiger partial charge in [-0.3, -0.25) is 14.6 Å². The molecule has 1 aromatic heterocycles. The molecular formula is C30H24F3N3O3. The molecule has 0 atom stereocenters. The van der Waals surface area contributed by atoms with Gasteiger partial charge in [0, 0.05) is 29.2 Å². The Bertz CT molecular complexity index is 1520. The highest BCUT2D eigenvalue weighted by atomic mass is 19.4. The number of fused-ring (bicyclic) bond motifs is 1. The number of carbonyl (C=O) groups excluding carboxylic acids is 2. The predicted molar refractivity (Wildman–Crippen MR) is 142 cm³/mol. The highest BCUT2D eigenvalue weighted by Crippen LogP contribution is 2.36. The molecule has 4 aromatic rings. The molecule has 39 heavy (non-hydrogen) atoms. The lowest BCUT2D eigenvalue weighted by Crippen LogP contribution is -2.39. The Balaban J connectivity index is 1.37. The highest BCUT2D eigenvalue weighted by molar-refractivity contribution is 6.09. The number of ether oxygens (including phenoxy) is 1. The van der Waals surface area contributed by atoms with Crippen molar-refractivity contribution in [3.63, 3.8) is 0 Å². The van der Waals surface area contributed by atoms with Crippen LogP contribution < -0.4 is 15.0 Å². The van der Waals surface area contributed by atoms with Crippen LogP contribution in [0.1, 0.15) is 27.2 Å². The molecule has 9 heteroatoms. The number of nitrogens with zero attached hydrogens (tertiary/aromatic N) is 2. The fraction of sp³-hybridized carbons (Fsp3) is 0.167. The minimum Gasteiger partial charge on any atom is -0.489 e. The maximum absolute atomic E-state index is 13.3. The molecule has 1 aliphatic rings. The quantitative estimate of drug-likeness (QED) is 0.328. The van der Waals surface area contributed by atoms with Crippen LogP contribution in [0.25, 0.3) is 11.1 Å². The SMILES string of the molecule is Cc1ccc(C(=O)Nc2ccc3c(c2)OCCN3C(=O)Cc2ccccn2)c(-c2ccc(C(F)(F)F)cc2)c1. The third kappa shape index (κ3) is 5.77. The topological polar surface area (TPSA) is 71.5 Å². The van der Waals surface area contributed by atoms with Crippen LogP contribution in [0.15, 0.2) is 85.1 Å². The Morgan fingerprint density at radius 2 is 1.79 bits per heavy atom. The van der Waals surface area contributed by atoms with Gasteiger partial charge in [0.1, 0.15) is 12.4 Å². The monoisotopic (exact) mass is 531 g/mol. The van der Waals surface area contributed by atoms with Crippen LogP contribution in [0.5, 0.6) is 5.75 Å². The number of rotatable bonds is 5. The van der Waals surface area contributed by atoms with Gasteiger partial charge in [0.25, 0.3) is 5.91 Å². The van der Waals surface area contributed by atoms with Crippen molar-refractivity contribution in [2.45, 2.75) is 19.5 Å². The number of anilines is 2. The summed E-state index contributed by atoms with van der Waals surface area (Å²) in [7, 11) is 0. The Morgan fingerprint density at radius 3 is 2.51 bits per heavy atom. The van der Waals surface area contributed by atoms with Crippen LogP contribution in [0.2, 0.25) is 0 Å². The van der Waals surface area contributed by atoms with Gasteiger partial charge in [-0.25, -0.2) is 0 Å². The molecule has 0 spiro atoms. The number of benzene rings is 3. The van der Waals surface area contributed by atoms with Crippen LogP contribution in [0.4, 0.5) is 24.5 Å². The summed E-state index contributed by atoms with van der Waals surface area (Å²) in [5.41, 5.74) is 3.14. The summed E-state index contributed by atoms with van der Waals surface area (Å²) in [6, 6.07) is 20.3. The molecule has 0 bridgehead atoms. The van der Waals surface area contributed by atoms with Crippen molar-refractivity contribution in [3.05, 3.63) is 107 Å². The van der Waals surface area contributed by atoms with Gasteiger partial charge in [-0.15, -0.1) is 0 Å². The maximum atomic E-state index is 13.3. The first-order valence-corrected chi connectivity index (χ1v) is 12.3. The lowest BCUT2D eigenvalue weighted by atomic mass is 9.96. The summed E-state index contributed by atoms with van der Waals surface area (Å²) < 4.78 is 44.8. The van der Waals surface area contributed by atoms with Crippen LogP contribution in [0, 0.1) is 6.92 Å². The molecule has 1 aliphatic heterocycles. The molecule has 2 heterocycles. The first-order valence-electron chi connectivity index (χ1n) is 12.3. The number of aromatic nitrogens is 1. The number of hydrogen-bond acceptors (Lipinski definition) is 4. The molecule has 0 aliphatic carbocycles. The van der Waals surface area contributed by atoms with Gasteiger partial charge in [0.2, 0.25) is 5.91 Å². The van der Waals surface area contributed by atoms with Gasteiger partial charge in [-0.1, -0.05) is 35.9 Å². The van der Waals surface area contributed by atoms with Gasteiger partial charge < -0.3 is 15.0 Å². The Morgan fingerprint density at radius 1 is 1.00 bits per heavy atom. The van der Waals surface area contributed by atoms with E-state index in [1.54, 1.807) is 59.6 Å². The highest BCUT2D eigenvalue weighted by Gasteiger charge is 2.30. The molecule has 5 rings (SSSR count). The van der Waals surface area contributed by atoms with Crippen molar-refractivity contribution >= 4 is 23.2 Å². The van der Waals surface area contributed by atoms with Gasteiger partial charge >= 0.3 is 6.18 Å². The zero-order chi connectivity index (χ0) is 27.6. The van der Waals surface area contributed by atoms with Crippen LogP contribution >= 0.6 is 0 Å². The molecule has 0 unspecified atom stereocenters. The molecule has 0 saturated carbocycles. The van der Waals surface area contributed by atoms with E-state index in [-0.39, 0.29) is 12.3 Å². The summed E-state index contributed by atoms with van der Waals surface area (Å²) >= 11 is 0. The Hall–Kier alpha value is -4.66. The molecule has 0 radical (unpaired) electrons. The first-order chi connectivity index (χ1) is 18.7. The number of carbonyl (C=O) groups is 2. The minimum atomic E-state index is -4.45. The zero-order valence-electron chi connectivity index (χ0n) is 21.0. The molecule has 0 saturated heterocycles. The van der Waals surface area contributed by atoms with E-state index in [4.69, 9.17) is 4.74 Å². The van der Waals surface area contributed by atoms with Crippen molar-refractivity contribution in [2.24, 2.45) is 0 Å². The molecular weight excluding hydrogens is 507 g/mol. The number of halogens is 3. The van der Waals surface area contributed by atoms with Gasteiger partial charge in [-0.05, 0) is 60.5 Å². The van der Waals surface area contributed by atoms with Crippen molar-refractivity contribution in [3.8, 4) is 16.9 Å². The van der Waals surface area contributed by atoms with E-state index < -0.39 is 17.6 Å². The molecule has 0 fully saturated rings. The second-order valence-corrected chi connectivity index (χ2v) is 9.15. The third-order valence-corrected chi connectivity index (χ3v) is 6.38. The minimum absolute atomic E-state index is 0.115. The molecule has 6 nitrogen and oxygen atoms in total. The summed E-state index contributed by atoms with van der Waals surface area (Å²) in [6.45, 7) is 2.54. The lowest BCUT2D eigenvalue weighted by molar-refractivity contribution is -0.137. The van der Waals surface area contributed by atoms with Crippen molar-refractivity contribution in [1.29, 1.82) is 0 Å². The smallest absolute Gasteiger partial charge is 0.416 e. The number of hydrogen-bond donors (Lipinski definition) is 1. The van der Waals surface area contributed by atoms with Crippen molar-refractivity contribution in [1.82, 2.24) is 4.98 Å². The predicted octanol–water partition coefficient (Wildman–Crippen LogP) is 6.30. The zero-order valence-corrected chi connectivity index (χ0v) is 21.0. The van der Waals surface area contributed by atoms with E-state index in [2.05, 4.69) is 10.3 Å². The Kier molecular flexibility index (Phi) is 7.06. The molecule has 1 N–H and O–H groups in total. The fourth-order valence-electron chi connectivity index (χ4n) is 4.44. The fourth-order valence-corrected chi connectivity index (χ4v) is 4.44. The van der Waals surface area contributed by atoms with E-state index in [0.717, 1.165) is 17.7 Å². The normalized spacial score (nSPS) is 12.9. The number of nitrogens with one attached hydrogen (secondary N) is 1. The number of alkyl halides is 3. The summed E-state index contributed by atoms with van der Waals surface area (Å²) in [5, 5.41) is 2.85. The summed E-state index contributed by atoms with van der Waals surface area (Å²) in [5.74, 6) is -0.0834. The third-order valence-electron chi connectivity index (χ3n) is 6.38. The van der Waals surface area contributed by atoms with Gasteiger partial charge in [0.15, 0.2) is 0 Å². The van der Waals surface area contributed by atoms with E-state index in [1.807, 2.05) is 13.0 Å². The van der Waals surface area contributed by atoms with Crippen LogP contribution in [0.3, 0.4) is 0 Å². The van der Waals surface area contributed by atoms with E-state index in [1.165, 1.54) is 12.1 Å². The molecule has 2 amide bonds. The van der Waals surface area contributed by atoms with E-state index >= 15 is 0 Å². The second-order valence-electron chi connectivity index (χ2n) is 9.15. The molecule has 198 valence electrons.